The van der Waals surface area contributed by atoms with Gasteiger partial charge in [-0.25, -0.2) is 4.79 Å². The maximum atomic E-state index is 12.8. The van der Waals surface area contributed by atoms with E-state index in [-0.39, 0.29) is 22.6 Å². The Morgan fingerprint density at radius 3 is 2.62 bits per heavy atom. The number of carbonyl (C=O) groups is 2. The van der Waals surface area contributed by atoms with Crippen LogP contribution in [0.2, 0.25) is 0 Å². The molecular weight excluding hydrogens is 502 g/mol. The number of aryl methyl sites for hydroxylation is 1. The lowest BCUT2D eigenvalue weighted by Crippen LogP contribution is -2.36. The van der Waals surface area contributed by atoms with E-state index in [1.54, 1.807) is 0 Å². The van der Waals surface area contributed by atoms with Crippen LogP contribution in [0, 0.1) is 12.3 Å². The van der Waals surface area contributed by atoms with Crippen LogP contribution in [0.4, 0.5) is 0 Å². The number of nitrogens with two attached hydrogens (primary N) is 1. The highest BCUT2D eigenvalue weighted by molar-refractivity contribution is 6.00. The summed E-state index contributed by atoms with van der Waals surface area (Å²) in [5.41, 5.74) is 12.5. The molecular formula is C33H41N3O4. The molecule has 1 heterocycles. The third kappa shape index (κ3) is 4.93. The highest BCUT2D eigenvalue weighted by atomic mass is 16.7. The molecule has 0 radical (unpaired) electrons. The van der Waals surface area contributed by atoms with Crippen LogP contribution in [0.3, 0.4) is 0 Å². The summed E-state index contributed by atoms with van der Waals surface area (Å²) >= 11 is 0. The summed E-state index contributed by atoms with van der Waals surface area (Å²) in [6.45, 7) is 7.07. The molecule has 1 atom stereocenters. The number of rotatable bonds is 8. The van der Waals surface area contributed by atoms with Crippen LogP contribution in [-0.4, -0.2) is 48.9 Å². The van der Waals surface area contributed by atoms with Gasteiger partial charge in [0.1, 0.15) is 0 Å². The smallest absolute Gasteiger partial charge is 0.365 e. The van der Waals surface area contributed by atoms with Crippen molar-refractivity contribution in [2.45, 2.75) is 83.0 Å². The number of benzene rings is 2. The van der Waals surface area contributed by atoms with Crippen molar-refractivity contribution < 1.29 is 19.2 Å². The summed E-state index contributed by atoms with van der Waals surface area (Å²) in [6, 6.07) is 12.0. The molecule has 6 rings (SSSR count). The van der Waals surface area contributed by atoms with Crippen LogP contribution >= 0.6 is 0 Å². The van der Waals surface area contributed by atoms with Crippen LogP contribution in [0.15, 0.2) is 41.6 Å². The molecule has 7 heteroatoms. The van der Waals surface area contributed by atoms with Gasteiger partial charge in [0.2, 0.25) is 0 Å². The fraction of sp³-hybridized carbons (Fsp3) is 0.545. The van der Waals surface area contributed by atoms with E-state index in [0.29, 0.717) is 18.1 Å². The maximum Gasteiger partial charge on any atom is 0.365 e. The average molecular weight is 544 g/mol. The quantitative estimate of drug-likeness (QED) is 0.158. The average Bonchev–Trinajstić information content (AvgIpc) is 3.28. The number of amidine groups is 1. The molecule has 1 aliphatic heterocycles. The van der Waals surface area contributed by atoms with Crippen molar-refractivity contribution in [3.05, 3.63) is 69.8 Å². The van der Waals surface area contributed by atoms with E-state index in [9.17, 15) is 9.59 Å². The molecule has 212 valence electrons. The number of ether oxygens (including phenoxy) is 1. The van der Waals surface area contributed by atoms with E-state index in [0.717, 1.165) is 62.9 Å². The number of nitrogens with zero attached hydrogens (tertiary/aromatic N) is 2. The van der Waals surface area contributed by atoms with Gasteiger partial charge < -0.3 is 20.2 Å². The molecule has 1 saturated heterocycles. The minimum atomic E-state index is -0.491. The number of likely N-dealkylation sites (tertiary alicyclic amines) is 1. The first-order valence-corrected chi connectivity index (χ1v) is 15.0. The molecule has 0 amide bonds. The predicted octanol–water partition coefficient (Wildman–Crippen LogP) is 5.36. The first-order valence-electron chi connectivity index (χ1n) is 15.0. The SMILES string of the molecule is CCOC(=O)C1(CN2CCC3(CCc4c(C(N)=NOC(=O)c5ccc(C6CCCC6)c(C)c5)cccc43)C2)CC1. The Hall–Kier alpha value is -3.19. The van der Waals surface area contributed by atoms with Gasteiger partial charge in [0.15, 0.2) is 5.84 Å². The van der Waals surface area contributed by atoms with Crippen molar-refractivity contribution in [2.75, 3.05) is 26.2 Å². The topological polar surface area (TPSA) is 94.2 Å². The molecule has 40 heavy (non-hydrogen) atoms. The number of oxime groups is 1. The second-order valence-electron chi connectivity index (χ2n) is 12.5. The van der Waals surface area contributed by atoms with Gasteiger partial charge in [0, 0.05) is 24.1 Å². The van der Waals surface area contributed by atoms with Gasteiger partial charge >= 0.3 is 11.9 Å². The van der Waals surface area contributed by atoms with Crippen LogP contribution in [-0.2, 0) is 26.2 Å². The van der Waals surface area contributed by atoms with Crippen LogP contribution in [0.1, 0.15) is 102 Å². The van der Waals surface area contributed by atoms with Gasteiger partial charge in [0.25, 0.3) is 0 Å². The Kier molecular flexibility index (Phi) is 7.19. The van der Waals surface area contributed by atoms with Crippen molar-refractivity contribution in [3.8, 4) is 0 Å². The third-order valence-electron chi connectivity index (χ3n) is 9.93. The summed E-state index contributed by atoms with van der Waals surface area (Å²) in [6.07, 6.45) is 9.86. The fourth-order valence-corrected chi connectivity index (χ4v) is 7.59. The molecule has 2 N–H and O–H groups in total. The monoisotopic (exact) mass is 543 g/mol. The third-order valence-corrected chi connectivity index (χ3v) is 9.93. The predicted molar refractivity (Wildman–Crippen MR) is 154 cm³/mol. The minimum Gasteiger partial charge on any atom is -0.466 e. The molecule has 2 saturated carbocycles. The van der Waals surface area contributed by atoms with Gasteiger partial charge in [-0.1, -0.05) is 42.3 Å². The Bertz CT molecular complexity index is 1340. The summed E-state index contributed by atoms with van der Waals surface area (Å²) in [5.74, 6) is 0.302. The molecule has 3 aliphatic carbocycles. The van der Waals surface area contributed by atoms with Crippen LogP contribution in [0.25, 0.3) is 0 Å². The Morgan fingerprint density at radius 2 is 1.90 bits per heavy atom. The summed E-state index contributed by atoms with van der Waals surface area (Å²) in [4.78, 5) is 33.1. The van der Waals surface area contributed by atoms with Gasteiger partial charge in [-0.15, -0.1) is 0 Å². The number of carbonyl (C=O) groups excluding carboxylic acids is 2. The molecule has 0 aromatic heterocycles. The second kappa shape index (κ2) is 10.7. The van der Waals surface area contributed by atoms with Gasteiger partial charge in [-0.3, -0.25) is 4.79 Å². The zero-order chi connectivity index (χ0) is 27.9. The first kappa shape index (κ1) is 27.0. The van der Waals surface area contributed by atoms with E-state index in [2.05, 4.69) is 29.1 Å². The lowest BCUT2D eigenvalue weighted by atomic mass is 9.81. The Balaban J connectivity index is 1.14. The van der Waals surface area contributed by atoms with Gasteiger partial charge in [-0.05, 0) is 106 Å². The number of hydrogen-bond donors (Lipinski definition) is 1. The second-order valence-corrected chi connectivity index (χ2v) is 12.5. The number of fused-ring (bicyclic) bond motifs is 2. The molecule has 1 spiro atoms. The lowest BCUT2D eigenvalue weighted by Gasteiger charge is -2.27. The van der Waals surface area contributed by atoms with E-state index < -0.39 is 5.97 Å². The molecule has 1 unspecified atom stereocenters. The number of hydrogen-bond acceptors (Lipinski definition) is 6. The molecule has 3 fully saturated rings. The van der Waals surface area contributed by atoms with Gasteiger partial charge in [0.05, 0.1) is 17.6 Å². The minimum absolute atomic E-state index is 0.0384. The van der Waals surface area contributed by atoms with E-state index in [1.807, 2.05) is 31.2 Å². The lowest BCUT2D eigenvalue weighted by molar-refractivity contribution is -0.150. The molecule has 4 aliphatic rings. The number of esters is 1. The van der Waals surface area contributed by atoms with E-state index in [4.69, 9.17) is 15.3 Å². The standard InChI is InChI=1S/C33H41N3O4/c1-3-39-31(38)33(15-16-33)21-36-18-17-32(20-36)14-13-26-27(9-6-10-28(26)32)29(34)35-40-30(37)24-11-12-25(22(2)19-24)23-7-4-5-8-23/h6,9-12,19,23H,3-5,7-8,13-18,20-21H2,1-2H3,(H2,34,35). The maximum absolute atomic E-state index is 12.8. The zero-order valence-electron chi connectivity index (χ0n) is 23.8. The van der Waals surface area contributed by atoms with Crippen molar-refractivity contribution in [2.24, 2.45) is 16.3 Å². The first-order chi connectivity index (χ1) is 19.3. The Morgan fingerprint density at radius 1 is 1.10 bits per heavy atom. The Labute approximate surface area is 237 Å². The summed E-state index contributed by atoms with van der Waals surface area (Å²) in [5, 5.41) is 4.08. The van der Waals surface area contributed by atoms with E-state index in [1.165, 1.54) is 42.4 Å². The largest absolute Gasteiger partial charge is 0.466 e. The molecule has 2 aromatic rings. The van der Waals surface area contributed by atoms with E-state index >= 15 is 0 Å². The van der Waals surface area contributed by atoms with Crippen LogP contribution < -0.4 is 5.73 Å². The molecule has 7 nitrogen and oxygen atoms in total. The van der Waals surface area contributed by atoms with Crippen molar-refractivity contribution >= 4 is 17.8 Å². The van der Waals surface area contributed by atoms with Crippen LogP contribution in [0.5, 0.6) is 0 Å². The van der Waals surface area contributed by atoms with Gasteiger partial charge in [-0.2, -0.15) is 0 Å². The zero-order valence-corrected chi connectivity index (χ0v) is 23.8. The highest BCUT2D eigenvalue weighted by Crippen LogP contribution is 2.51. The van der Waals surface area contributed by atoms with Crippen molar-refractivity contribution in [1.29, 1.82) is 0 Å². The van der Waals surface area contributed by atoms with Crippen molar-refractivity contribution in [3.63, 3.8) is 0 Å². The van der Waals surface area contributed by atoms with Crippen molar-refractivity contribution in [1.82, 2.24) is 4.90 Å². The fourth-order valence-electron chi connectivity index (χ4n) is 7.59. The molecule has 2 aromatic carbocycles. The summed E-state index contributed by atoms with van der Waals surface area (Å²) in [7, 11) is 0. The molecule has 0 bridgehead atoms. The summed E-state index contributed by atoms with van der Waals surface area (Å²) < 4.78 is 5.37. The highest BCUT2D eigenvalue weighted by Gasteiger charge is 2.54. The normalized spacial score (nSPS) is 23.9.